The van der Waals surface area contributed by atoms with Crippen molar-refractivity contribution in [3.63, 3.8) is 0 Å². The van der Waals surface area contributed by atoms with E-state index in [0.29, 0.717) is 13.2 Å². The molecule has 1 rings (SSSR count). The molecule has 0 unspecified atom stereocenters. The smallest absolute Gasteiger partial charge is 0.123 e. The molecule has 0 bridgehead atoms. The van der Waals surface area contributed by atoms with Gasteiger partial charge in [0.1, 0.15) is 5.82 Å². The van der Waals surface area contributed by atoms with E-state index in [-0.39, 0.29) is 5.82 Å². The van der Waals surface area contributed by atoms with Gasteiger partial charge < -0.3 is 10.1 Å². The summed E-state index contributed by atoms with van der Waals surface area (Å²) in [7, 11) is 0. The number of hydrogen-bond acceptors (Lipinski definition) is 2. The van der Waals surface area contributed by atoms with Crippen LogP contribution in [0.25, 0.3) is 0 Å². The molecular formula is C12H17BrFNO. The zero-order chi connectivity index (χ0) is 11.8. The van der Waals surface area contributed by atoms with Crippen LogP contribution in [0.5, 0.6) is 0 Å². The SMILES string of the molecule is CCCNCCOCc1cc(F)ccc1Br. The van der Waals surface area contributed by atoms with Gasteiger partial charge in [0.25, 0.3) is 0 Å². The molecule has 0 aromatic heterocycles. The second-order valence-electron chi connectivity index (χ2n) is 3.54. The van der Waals surface area contributed by atoms with Gasteiger partial charge in [0.2, 0.25) is 0 Å². The quantitative estimate of drug-likeness (QED) is 0.779. The van der Waals surface area contributed by atoms with E-state index < -0.39 is 0 Å². The largest absolute Gasteiger partial charge is 0.375 e. The molecule has 4 heteroatoms. The van der Waals surface area contributed by atoms with Crippen LogP contribution in [0.4, 0.5) is 4.39 Å². The molecule has 0 aliphatic carbocycles. The standard InChI is InChI=1S/C12H17BrFNO/c1-2-5-15-6-7-16-9-10-8-11(14)3-4-12(10)13/h3-4,8,15H,2,5-7,9H2,1H3. The molecule has 0 heterocycles. The van der Waals surface area contributed by atoms with Gasteiger partial charge in [0.15, 0.2) is 0 Å². The average Bonchev–Trinajstić information content (AvgIpc) is 2.28. The third-order valence-electron chi connectivity index (χ3n) is 2.12. The molecule has 1 N–H and O–H groups in total. The number of rotatable bonds is 7. The van der Waals surface area contributed by atoms with E-state index >= 15 is 0 Å². The van der Waals surface area contributed by atoms with Crippen LogP contribution in [-0.2, 0) is 11.3 Å². The first-order chi connectivity index (χ1) is 7.74. The highest BCUT2D eigenvalue weighted by Crippen LogP contribution is 2.18. The minimum Gasteiger partial charge on any atom is -0.375 e. The summed E-state index contributed by atoms with van der Waals surface area (Å²) in [6.07, 6.45) is 1.12. The van der Waals surface area contributed by atoms with Gasteiger partial charge in [-0.25, -0.2) is 4.39 Å². The molecule has 1 aromatic rings. The van der Waals surface area contributed by atoms with Crippen molar-refractivity contribution >= 4 is 15.9 Å². The second-order valence-corrected chi connectivity index (χ2v) is 4.39. The van der Waals surface area contributed by atoms with Crippen molar-refractivity contribution in [1.29, 1.82) is 0 Å². The molecule has 0 atom stereocenters. The van der Waals surface area contributed by atoms with Crippen molar-refractivity contribution in [2.75, 3.05) is 19.7 Å². The lowest BCUT2D eigenvalue weighted by Gasteiger charge is -2.07. The predicted molar refractivity (Wildman–Crippen MR) is 66.9 cm³/mol. The van der Waals surface area contributed by atoms with E-state index in [1.54, 1.807) is 6.07 Å². The molecule has 0 aliphatic rings. The van der Waals surface area contributed by atoms with Gasteiger partial charge in [0, 0.05) is 11.0 Å². The zero-order valence-electron chi connectivity index (χ0n) is 9.43. The zero-order valence-corrected chi connectivity index (χ0v) is 11.0. The van der Waals surface area contributed by atoms with Crippen LogP contribution in [0.1, 0.15) is 18.9 Å². The number of hydrogen-bond donors (Lipinski definition) is 1. The first-order valence-corrected chi connectivity index (χ1v) is 6.25. The summed E-state index contributed by atoms with van der Waals surface area (Å²) in [5, 5.41) is 3.24. The van der Waals surface area contributed by atoms with E-state index in [2.05, 4.69) is 28.2 Å². The van der Waals surface area contributed by atoms with Crippen LogP contribution in [0, 0.1) is 5.82 Å². The summed E-state index contributed by atoms with van der Waals surface area (Å²) in [5.74, 6) is -0.231. The third kappa shape index (κ3) is 5.05. The molecular weight excluding hydrogens is 273 g/mol. The maximum absolute atomic E-state index is 12.9. The van der Waals surface area contributed by atoms with Crippen LogP contribution < -0.4 is 5.32 Å². The fourth-order valence-corrected chi connectivity index (χ4v) is 1.64. The Balaban J connectivity index is 2.23. The van der Waals surface area contributed by atoms with Crippen LogP contribution in [0.15, 0.2) is 22.7 Å². The normalized spacial score (nSPS) is 10.7. The third-order valence-corrected chi connectivity index (χ3v) is 2.89. The molecule has 90 valence electrons. The van der Waals surface area contributed by atoms with Crippen molar-refractivity contribution in [2.45, 2.75) is 20.0 Å². The minimum atomic E-state index is -0.231. The number of halogens is 2. The monoisotopic (exact) mass is 289 g/mol. The lowest BCUT2D eigenvalue weighted by Crippen LogP contribution is -2.20. The first kappa shape index (κ1) is 13.6. The molecule has 0 fully saturated rings. The topological polar surface area (TPSA) is 21.3 Å². The van der Waals surface area contributed by atoms with Gasteiger partial charge in [-0.15, -0.1) is 0 Å². The Morgan fingerprint density at radius 2 is 2.19 bits per heavy atom. The summed E-state index contributed by atoms with van der Waals surface area (Å²) in [6, 6.07) is 4.61. The van der Waals surface area contributed by atoms with Gasteiger partial charge in [-0.2, -0.15) is 0 Å². The fraction of sp³-hybridized carbons (Fsp3) is 0.500. The summed E-state index contributed by atoms with van der Waals surface area (Å²) >= 11 is 3.36. The fourth-order valence-electron chi connectivity index (χ4n) is 1.28. The van der Waals surface area contributed by atoms with E-state index in [9.17, 15) is 4.39 Å². The molecule has 0 aliphatic heterocycles. The van der Waals surface area contributed by atoms with Crippen LogP contribution in [-0.4, -0.2) is 19.7 Å². The summed E-state index contributed by atoms with van der Waals surface area (Å²) < 4.78 is 19.3. The van der Waals surface area contributed by atoms with Crippen LogP contribution in [0.2, 0.25) is 0 Å². The van der Waals surface area contributed by atoms with Gasteiger partial charge >= 0.3 is 0 Å². The molecule has 0 radical (unpaired) electrons. The highest BCUT2D eigenvalue weighted by Gasteiger charge is 2.01. The molecule has 0 spiro atoms. The molecule has 2 nitrogen and oxygen atoms in total. The lowest BCUT2D eigenvalue weighted by atomic mass is 10.2. The molecule has 16 heavy (non-hydrogen) atoms. The van der Waals surface area contributed by atoms with E-state index in [4.69, 9.17) is 4.74 Å². The Hall–Kier alpha value is -0.450. The Bertz CT molecular complexity index is 320. The van der Waals surface area contributed by atoms with Crippen molar-refractivity contribution in [1.82, 2.24) is 5.32 Å². The molecule has 0 amide bonds. The Morgan fingerprint density at radius 3 is 2.94 bits per heavy atom. The van der Waals surface area contributed by atoms with Gasteiger partial charge in [0.05, 0.1) is 13.2 Å². The van der Waals surface area contributed by atoms with Crippen LogP contribution in [0.3, 0.4) is 0 Å². The second kappa shape index (κ2) is 7.76. The highest BCUT2D eigenvalue weighted by atomic mass is 79.9. The Labute approximate surface area is 104 Å². The summed E-state index contributed by atoms with van der Waals surface area (Å²) in [4.78, 5) is 0. The molecule has 1 aromatic carbocycles. The van der Waals surface area contributed by atoms with Crippen molar-refractivity contribution < 1.29 is 9.13 Å². The predicted octanol–water partition coefficient (Wildman–Crippen LogP) is 3.10. The van der Waals surface area contributed by atoms with Crippen molar-refractivity contribution in [2.24, 2.45) is 0 Å². The van der Waals surface area contributed by atoms with Crippen LogP contribution >= 0.6 is 15.9 Å². The van der Waals surface area contributed by atoms with E-state index in [0.717, 1.165) is 29.5 Å². The number of benzene rings is 1. The molecule has 0 saturated carbocycles. The maximum Gasteiger partial charge on any atom is 0.123 e. The number of ether oxygens (including phenoxy) is 1. The lowest BCUT2D eigenvalue weighted by molar-refractivity contribution is 0.122. The Morgan fingerprint density at radius 1 is 1.38 bits per heavy atom. The van der Waals surface area contributed by atoms with E-state index in [1.165, 1.54) is 12.1 Å². The average molecular weight is 290 g/mol. The first-order valence-electron chi connectivity index (χ1n) is 5.46. The maximum atomic E-state index is 12.9. The van der Waals surface area contributed by atoms with E-state index in [1.807, 2.05) is 0 Å². The summed E-state index contributed by atoms with van der Waals surface area (Å²) in [6.45, 7) is 5.04. The van der Waals surface area contributed by atoms with Crippen molar-refractivity contribution in [3.8, 4) is 0 Å². The highest BCUT2D eigenvalue weighted by molar-refractivity contribution is 9.10. The van der Waals surface area contributed by atoms with Gasteiger partial charge in [-0.1, -0.05) is 22.9 Å². The summed E-state index contributed by atoms with van der Waals surface area (Å²) in [5.41, 5.74) is 0.843. The minimum absolute atomic E-state index is 0.231. The molecule has 0 saturated heterocycles. The Kier molecular flexibility index (Phi) is 6.61. The van der Waals surface area contributed by atoms with Gasteiger partial charge in [-0.3, -0.25) is 0 Å². The number of nitrogens with one attached hydrogen (secondary N) is 1. The van der Waals surface area contributed by atoms with Crippen molar-refractivity contribution in [3.05, 3.63) is 34.1 Å². The van der Waals surface area contributed by atoms with Gasteiger partial charge in [-0.05, 0) is 36.7 Å².